The number of anilines is 2. The van der Waals surface area contributed by atoms with Crippen molar-refractivity contribution >= 4 is 17.3 Å². The lowest BCUT2D eigenvalue weighted by atomic mass is 10.1. The summed E-state index contributed by atoms with van der Waals surface area (Å²) in [4.78, 5) is 14.8. The molecule has 1 aromatic carbocycles. The number of aromatic carboxylic acids is 1. The Labute approximate surface area is 96.2 Å². The fourth-order valence-electron chi connectivity index (χ4n) is 1.34. The zero-order valence-electron chi connectivity index (χ0n) is 8.75. The molecule has 0 aliphatic carbocycles. The molecular formula is C10H10N4O3. The monoisotopic (exact) mass is 234 g/mol. The Kier molecular flexibility index (Phi) is 2.91. The minimum absolute atomic E-state index is 0.141. The number of hydrogen-bond donors (Lipinski definition) is 3. The third kappa shape index (κ3) is 2.51. The summed E-state index contributed by atoms with van der Waals surface area (Å²) in [5.74, 6) is -0.593. The molecule has 2 rings (SSSR count). The first-order valence-electron chi connectivity index (χ1n) is 4.79. The molecule has 0 unspecified atom stereocenters. The molecule has 7 heteroatoms. The lowest BCUT2D eigenvalue weighted by Crippen LogP contribution is -2.07. The Bertz CT molecular complexity index is 524. The van der Waals surface area contributed by atoms with Gasteiger partial charge in [0, 0.05) is 5.69 Å². The van der Waals surface area contributed by atoms with Crippen LogP contribution in [-0.4, -0.2) is 21.2 Å². The van der Waals surface area contributed by atoms with E-state index in [4.69, 9.17) is 10.8 Å². The Hall–Kier alpha value is -2.57. The molecule has 0 spiro atoms. The molecule has 0 aliphatic rings. The molecule has 17 heavy (non-hydrogen) atoms. The van der Waals surface area contributed by atoms with Gasteiger partial charge < -0.3 is 20.7 Å². The lowest BCUT2D eigenvalue weighted by Gasteiger charge is -2.08. The third-order valence-corrected chi connectivity index (χ3v) is 2.12. The normalized spacial score (nSPS) is 10.1. The maximum atomic E-state index is 11.0. The minimum Gasteiger partial charge on any atom is -0.478 e. The summed E-state index contributed by atoms with van der Waals surface area (Å²) in [6.07, 6.45) is 1.20. The summed E-state index contributed by atoms with van der Waals surface area (Å²) in [7, 11) is 0. The summed E-state index contributed by atoms with van der Waals surface area (Å²) in [6, 6.07) is 4.52. The number of nitrogens with one attached hydrogen (secondary N) is 1. The summed E-state index contributed by atoms with van der Waals surface area (Å²) < 4.78 is 4.56. The van der Waals surface area contributed by atoms with Crippen molar-refractivity contribution in [3.63, 3.8) is 0 Å². The van der Waals surface area contributed by atoms with E-state index >= 15 is 0 Å². The van der Waals surface area contributed by atoms with Crippen molar-refractivity contribution in [2.24, 2.45) is 0 Å². The molecule has 0 saturated carbocycles. The first-order chi connectivity index (χ1) is 8.16. The van der Waals surface area contributed by atoms with E-state index in [1.807, 2.05) is 0 Å². The highest BCUT2D eigenvalue weighted by molar-refractivity contribution is 5.95. The van der Waals surface area contributed by atoms with Gasteiger partial charge in [0.2, 0.25) is 6.39 Å². The van der Waals surface area contributed by atoms with Crippen molar-refractivity contribution in [2.75, 3.05) is 11.1 Å². The number of nitrogens with zero attached hydrogens (tertiary/aromatic N) is 2. The average molecular weight is 234 g/mol. The van der Waals surface area contributed by atoms with Gasteiger partial charge in [0.05, 0.1) is 17.8 Å². The van der Waals surface area contributed by atoms with E-state index in [1.165, 1.54) is 18.5 Å². The van der Waals surface area contributed by atoms with E-state index in [2.05, 4.69) is 20.0 Å². The predicted octanol–water partition coefficient (Wildman–Crippen LogP) is 0.962. The van der Waals surface area contributed by atoms with Crippen LogP contribution in [0.3, 0.4) is 0 Å². The van der Waals surface area contributed by atoms with Gasteiger partial charge in [-0.25, -0.2) is 4.79 Å². The molecular weight excluding hydrogens is 224 g/mol. The average Bonchev–Trinajstić information content (AvgIpc) is 2.78. The van der Waals surface area contributed by atoms with Crippen molar-refractivity contribution in [3.05, 3.63) is 36.0 Å². The summed E-state index contributed by atoms with van der Waals surface area (Å²) in [5.41, 5.74) is 6.63. The number of nitrogens with two attached hydrogens (primary N) is 1. The van der Waals surface area contributed by atoms with Crippen LogP contribution in [0.15, 0.2) is 29.1 Å². The van der Waals surface area contributed by atoms with Crippen LogP contribution in [0.4, 0.5) is 11.4 Å². The molecule has 4 N–H and O–H groups in total. The second kappa shape index (κ2) is 4.52. The van der Waals surface area contributed by atoms with Crippen LogP contribution in [0, 0.1) is 0 Å². The third-order valence-electron chi connectivity index (χ3n) is 2.12. The number of carboxylic acid groups (broad SMARTS) is 1. The maximum absolute atomic E-state index is 11.0. The fraction of sp³-hybridized carbons (Fsp3) is 0.100. The SMILES string of the molecule is Nc1ccc(C(=O)O)c(NCc2ncon2)c1. The Morgan fingerprint density at radius 2 is 2.35 bits per heavy atom. The molecule has 0 amide bonds. The predicted molar refractivity (Wildman–Crippen MR) is 59.4 cm³/mol. The second-order valence-electron chi connectivity index (χ2n) is 3.31. The molecule has 1 aromatic heterocycles. The van der Waals surface area contributed by atoms with Crippen LogP contribution in [0.2, 0.25) is 0 Å². The Morgan fingerprint density at radius 3 is 3.00 bits per heavy atom. The van der Waals surface area contributed by atoms with Gasteiger partial charge in [-0.1, -0.05) is 5.16 Å². The molecule has 0 aliphatic heterocycles. The van der Waals surface area contributed by atoms with Gasteiger partial charge in [-0.3, -0.25) is 0 Å². The highest BCUT2D eigenvalue weighted by Crippen LogP contribution is 2.19. The number of aromatic nitrogens is 2. The summed E-state index contributed by atoms with van der Waals surface area (Å²) >= 11 is 0. The summed E-state index contributed by atoms with van der Waals surface area (Å²) in [5, 5.41) is 15.5. The van der Waals surface area contributed by atoms with E-state index in [1.54, 1.807) is 6.07 Å². The Balaban J connectivity index is 2.19. The van der Waals surface area contributed by atoms with E-state index in [9.17, 15) is 4.79 Å². The second-order valence-corrected chi connectivity index (χ2v) is 3.31. The zero-order chi connectivity index (χ0) is 12.3. The lowest BCUT2D eigenvalue weighted by molar-refractivity contribution is 0.0698. The quantitative estimate of drug-likeness (QED) is 0.675. The zero-order valence-corrected chi connectivity index (χ0v) is 8.75. The van der Waals surface area contributed by atoms with Gasteiger partial charge in [0.15, 0.2) is 5.82 Å². The molecule has 0 radical (unpaired) electrons. The minimum atomic E-state index is -1.03. The molecule has 88 valence electrons. The van der Waals surface area contributed by atoms with Crippen LogP contribution in [0.1, 0.15) is 16.2 Å². The largest absolute Gasteiger partial charge is 0.478 e. The molecule has 0 saturated heterocycles. The highest BCUT2D eigenvalue weighted by atomic mass is 16.5. The smallest absolute Gasteiger partial charge is 0.337 e. The van der Waals surface area contributed by atoms with Crippen LogP contribution in [0.25, 0.3) is 0 Å². The molecule has 0 fully saturated rings. The van der Waals surface area contributed by atoms with E-state index in [0.29, 0.717) is 17.2 Å². The van der Waals surface area contributed by atoms with Crippen LogP contribution in [0.5, 0.6) is 0 Å². The van der Waals surface area contributed by atoms with Gasteiger partial charge in [-0.2, -0.15) is 4.98 Å². The van der Waals surface area contributed by atoms with Gasteiger partial charge in [0.1, 0.15) is 0 Å². The van der Waals surface area contributed by atoms with Crippen LogP contribution >= 0.6 is 0 Å². The molecule has 1 heterocycles. The van der Waals surface area contributed by atoms with Crippen molar-refractivity contribution in [1.29, 1.82) is 0 Å². The number of benzene rings is 1. The van der Waals surface area contributed by atoms with Crippen molar-refractivity contribution in [2.45, 2.75) is 6.54 Å². The highest BCUT2D eigenvalue weighted by Gasteiger charge is 2.10. The Morgan fingerprint density at radius 1 is 1.53 bits per heavy atom. The van der Waals surface area contributed by atoms with Crippen LogP contribution < -0.4 is 11.1 Å². The topological polar surface area (TPSA) is 114 Å². The van der Waals surface area contributed by atoms with Gasteiger partial charge in [-0.05, 0) is 18.2 Å². The standard InChI is InChI=1S/C10H10N4O3/c11-6-1-2-7(10(15)16)8(3-6)12-4-9-13-5-17-14-9/h1-3,5,12H,4,11H2,(H,15,16). The van der Waals surface area contributed by atoms with E-state index < -0.39 is 5.97 Å². The van der Waals surface area contributed by atoms with Crippen molar-refractivity contribution in [1.82, 2.24) is 10.1 Å². The van der Waals surface area contributed by atoms with E-state index in [0.717, 1.165) is 0 Å². The maximum Gasteiger partial charge on any atom is 0.337 e. The number of nitrogen functional groups attached to an aromatic ring is 1. The van der Waals surface area contributed by atoms with Gasteiger partial charge in [-0.15, -0.1) is 0 Å². The van der Waals surface area contributed by atoms with Gasteiger partial charge >= 0.3 is 5.97 Å². The van der Waals surface area contributed by atoms with Crippen molar-refractivity contribution < 1.29 is 14.4 Å². The molecule has 0 bridgehead atoms. The number of carboxylic acids is 1. The summed E-state index contributed by atoms with van der Waals surface area (Å²) in [6.45, 7) is 0.264. The number of rotatable bonds is 4. The molecule has 0 atom stereocenters. The fourth-order valence-corrected chi connectivity index (χ4v) is 1.34. The number of carbonyl (C=O) groups is 1. The molecule has 2 aromatic rings. The van der Waals surface area contributed by atoms with E-state index in [-0.39, 0.29) is 12.1 Å². The van der Waals surface area contributed by atoms with Gasteiger partial charge in [0.25, 0.3) is 0 Å². The van der Waals surface area contributed by atoms with Crippen molar-refractivity contribution in [3.8, 4) is 0 Å². The molecule has 7 nitrogen and oxygen atoms in total. The van der Waals surface area contributed by atoms with Crippen LogP contribution in [-0.2, 0) is 6.54 Å². The first kappa shape index (κ1) is 10.9. The first-order valence-corrected chi connectivity index (χ1v) is 4.79. The number of hydrogen-bond acceptors (Lipinski definition) is 6.